The van der Waals surface area contributed by atoms with Crippen LogP contribution in [0.2, 0.25) is 0 Å². The molecule has 0 spiro atoms. The first kappa shape index (κ1) is 15.2. The van der Waals surface area contributed by atoms with Crippen LogP contribution in [-0.4, -0.2) is 21.0 Å². The van der Waals surface area contributed by atoms with Crippen LogP contribution in [0.4, 0.5) is 0 Å². The Morgan fingerprint density at radius 3 is 2.50 bits per heavy atom. The van der Waals surface area contributed by atoms with E-state index in [1.54, 1.807) is 0 Å². The molecule has 0 fully saturated rings. The Morgan fingerprint density at radius 2 is 1.94 bits per heavy atom. The van der Waals surface area contributed by atoms with Crippen molar-refractivity contribution in [1.82, 2.24) is 20.3 Å². The van der Waals surface area contributed by atoms with Crippen LogP contribution < -0.4 is 5.32 Å². The third-order valence-corrected chi connectivity index (χ3v) is 2.87. The summed E-state index contributed by atoms with van der Waals surface area (Å²) in [5, 5.41) is 11.7. The van der Waals surface area contributed by atoms with E-state index in [2.05, 4.69) is 63.4 Å². The molecule has 0 saturated carbocycles. The molecule has 1 rings (SSSR count). The summed E-state index contributed by atoms with van der Waals surface area (Å²) in [5.74, 6) is 0.720. The summed E-state index contributed by atoms with van der Waals surface area (Å²) in [6, 6.07) is 0.468. The molecule has 1 heterocycles. The highest BCUT2D eigenvalue weighted by Crippen LogP contribution is 2.28. The Balaban J connectivity index is 2.52. The van der Waals surface area contributed by atoms with E-state index >= 15 is 0 Å². The van der Waals surface area contributed by atoms with Crippen molar-refractivity contribution in [3.8, 4) is 0 Å². The molecule has 4 heteroatoms. The van der Waals surface area contributed by atoms with Gasteiger partial charge >= 0.3 is 0 Å². The summed E-state index contributed by atoms with van der Waals surface area (Å²) in [4.78, 5) is 0. The monoisotopic (exact) mass is 252 g/mol. The molecule has 1 N–H and O–H groups in total. The van der Waals surface area contributed by atoms with E-state index in [0.29, 0.717) is 11.5 Å². The topological polar surface area (TPSA) is 42.7 Å². The first-order chi connectivity index (χ1) is 8.28. The molecule has 0 bridgehead atoms. The smallest absolute Gasteiger partial charge is 0.0923 e. The van der Waals surface area contributed by atoms with E-state index in [1.165, 1.54) is 6.42 Å². The molecule has 0 amide bonds. The standard InChI is InChI=1S/C14H28N4/c1-11(2)7-14(5,6)8-13-9-18(17-16-13)10-15-12(3)4/h9,11-12,15H,7-8,10H2,1-6H3. The SMILES string of the molecule is CC(C)CC(C)(C)Cc1cn(CNC(C)C)nn1. The number of hydrogen-bond acceptors (Lipinski definition) is 3. The number of nitrogens with zero attached hydrogens (tertiary/aromatic N) is 3. The third kappa shape index (κ3) is 5.63. The molecule has 0 aliphatic heterocycles. The molecule has 0 unspecified atom stereocenters. The molecule has 0 aromatic carbocycles. The first-order valence-electron chi connectivity index (χ1n) is 6.91. The maximum atomic E-state index is 4.26. The van der Waals surface area contributed by atoms with Gasteiger partial charge in [-0.05, 0) is 38.0 Å². The van der Waals surface area contributed by atoms with Crippen molar-refractivity contribution in [2.24, 2.45) is 11.3 Å². The lowest BCUT2D eigenvalue weighted by molar-refractivity contribution is 0.283. The van der Waals surface area contributed by atoms with Crippen LogP contribution in [0, 0.1) is 11.3 Å². The molecule has 0 atom stereocenters. The van der Waals surface area contributed by atoms with E-state index < -0.39 is 0 Å². The zero-order chi connectivity index (χ0) is 13.8. The van der Waals surface area contributed by atoms with E-state index in [4.69, 9.17) is 0 Å². The fourth-order valence-corrected chi connectivity index (χ4v) is 2.44. The van der Waals surface area contributed by atoms with Crippen LogP contribution in [0.15, 0.2) is 6.20 Å². The van der Waals surface area contributed by atoms with Gasteiger partial charge in [-0.15, -0.1) is 5.10 Å². The van der Waals surface area contributed by atoms with Gasteiger partial charge in [0.15, 0.2) is 0 Å². The zero-order valence-electron chi connectivity index (χ0n) is 12.7. The minimum Gasteiger partial charge on any atom is -0.296 e. The zero-order valence-corrected chi connectivity index (χ0v) is 12.7. The molecular weight excluding hydrogens is 224 g/mol. The Hall–Kier alpha value is -0.900. The Labute approximate surface area is 111 Å². The second kappa shape index (κ2) is 6.32. The van der Waals surface area contributed by atoms with Crippen molar-refractivity contribution >= 4 is 0 Å². The van der Waals surface area contributed by atoms with Crippen LogP contribution >= 0.6 is 0 Å². The van der Waals surface area contributed by atoms with Gasteiger partial charge in [-0.1, -0.05) is 32.9 Å². The lowest BCUT2D eigenvalue weighted by atomic mass is 9.80. The lowest BCUT2D eigenvalue weighted by Gasteiger charge is -2.25. The van der Waals surface area contributed by atoms with Crippen molar-refractivity contribution in [3.63, 3.8) is 0 Å². The lowest BCUT2D eigenvalue weighted by Crippen LogP contribution is -2.25. The van der Waals surface area contributed by atoms with Gasteiger partial charge in [-0.3, -0.25) is 5.32 Å². The van der Waals surface area contributed by atoms with Crippen molar-refractivity contribution in [1.29, 1.82) is 0 Å². The van der Waals surface area contributed by atoms with Gasteiger partial charge in [0, 0.05) is 12.2 Å². The van der Waals surface area contributed by atoms with Gasteiger partial charge in [0.1, 0.15) is 0 Å². The van der Waals surface area contributed by atoms with E-state index in [1.807, 2.05) is 4.68 Å². The highest BCUT2D eigenvalue weighted by Gasteiger charge is 2.21. The molecular formula is C14H28N4. The maximum Gasteiger partial charge on any atom is 0.0923 e. The average molecular weight is 252 g/mol. The van der Waals surface area contributed by atoms with Crippen LogP contribution in [0.25, 0.3) is 0 Å². The normalized spacial score (nSPS) is 12.7. The predicted molar refractivity (Wildman–Crippen MR) is 75.2 cm³/mol. The number of rotatable bonds is 7. The molecule has 104 valence electrons. The quantitative estimate of drug-likeness (QED) is 0.811. The number of nitrogens with one attached hydrogen (secondary N) is 1. The molecule has 0 aliphatic rings. The summed E-state index contributed by atoms with van der Waals surface area (Å²) in [6.45, 7) is 14.1. The molecule has 0 radical (unpaired) electrons. The van der Waals surface area contributed by atoms with Crippen LogP contribution in [0.1, 0.15) is 53.7 Å². The van der Waals surface area contributed by atoms with Crippen LogP contribution in [0.3, 0.4) is 0 Å². The molecule has 18 heavy (non-hydrogen) atoms. The Morgan fingerprint density at radius 1 is 1.28 bits per heavy atom. The van der Waals surface area contributed by atoms with Gasteiger partial charge in [0.2, 0.25) is 0 Å². The molecule has 0 aliphatic carbocycles. The summed E-state index contributed by atoms with van der Waals surface area (Å²) in [7, 11) is 0. The molecule has 1 aromatic rings. The first-order valence-corrected chi connectivity index (χ1v) is 6.91. The van der Waals surface area contributed by atoms with Crippen molar-refractivity contribution in [3.05, 3.63) is 11.9 Å². The summed E-state index contributed by atoms with van der Waals surface area (Å²) < 4.78 is 1.88. The molecule has 0 saturated heterocycles. The maximum absolute atomic E-state index is 4.26. The third-order valence-electron chi connectivity index (χ3n) is 2.87. The van der Waals surface area contributed by atoms with Crippen LogP contribution in [-0.2, 0) is 13.1 Å². The van der Waals surface area contributed by atoms with Gasteiger partial charge in [0.05, 0.1) is 12.4 Å². The fraction of sp³-hybridized carbons (Fsp3) is 0.857. The summed E-state index contributed by atoms with van der Waals surface area (Å²) in [5.41, 5.74) is 1.38. The van der Waals surface area contributed by atoms with Gasteiger partial charge in [-0.2, -0.15) is 0 Å². The number of aromatic nitrogens is 3. The fourth-order valence-electron chi connectivity index (χ4n) is 2.44. The average Bonchev–Trinajstić information content (AvgIpc) is 2.59. The minimum atomic E-state index is 0.292. The minimum absolute atomic E-state index is 0.292. The molecule has 4 nitrogen and oxygen atoms in total. The molecule has 1 aromatic heterocycles. The predicted octanol–water partition coefficient (Wildman–Crippen LogP) is 2.85. The largest absolute Gasteiger partial charge is 0.296 e. The Bertz CT molecular complexity index is 352. The van der Waals surface area contributed by atoms with Crippen molar-refractivity contribution < 1.29 is 0 Å². The highest BCUT2D eigenvalue weighted by molar-refractivity contribution is 4.97. The van der Waals surface area contributed by atoms with Gasteiger partial charge in [-0.25, -0.2) is 4.68 Å². The second-order valence-electron chi connectivity index (χ2n) is 6.71. The van der Waals surface area contributed by atoms with E-state index in [9.17, 15) is 0 Å². The second-order valence-corrected chi connectivity index (χ2v) is 6.71. The number of hydrogen-bond donors (Lipinski definition) is 1. The van der Waals surface area contributed by atoms with Crippen molar-refractivity contribution in [2.75, 3.05) is 0 Å². The summed E-state index contributed by atoms with van der Waals surface area (Å²) in [6.07, 6.45) is 4.26. The van der Waals surface area contributed by atoms with E-state index in [0.717, 1.165) is 24.7 Å². The summed E-state index contributed by atoms with van der Waals surface area (Å²) >= 11 is 0. The van der Waals surface area contributed by atoms with Gasteiger partial charge in [0.25, 0.3) is 0 Å². The van der Waals surface area contributed by atoms with Crippen molar-refractivity contribution in [2.45, 2.75) is 67.1 Å². The Kier molecular flexibility index (Phi) is 5.32. The van der Waals surface area contributed by atoms with Crippen LogP contribution in [0.5, 0.6) is 0 Å². The van der Waals surface area contributed by atoms with Gasteiger partial charge < -0.3 is 0 Å². The highest BCUT2D eigenvalue weighted by atomic mass is 15.4. The van der Waals surface area contributed by atoms with E-state index in [-0.39, 0.29) is 0 Å².